The summed E-state index contributed by atoms with van der Waals surface area (Å²) in [6.07, 6.45) is 1.82. The molecule has 3 heterocycles. The predicted octanol–water partition coefficient (Wildman–Crippen LogP) is 0.956. The second-order valence-electron chi connectivity index (χ2n) is 5.61. The molecule has 7 heteroatoms. The van der Waals surface area contributed by atoms with E-state index in [0.717, 1.165) is 0 Å². The van der Waals surface area contributed by atoms with E-state index in [1.54, 1.807) is 28.2 Å². The average Bonchev–Trinajstić information content (AvgIpc) is 2.90. The summed E-state index contributed by atoms with van der Waals surface area (Å²) in [6.45, 7) is 5.59. The van der Waals surface area contributed by atoms with E-state index in [1.165, 1.54) is 0 Å². The molecule has 2 aromatic heterocycles. The minimum atomic E-state index is -0.0635. The van der Waals surface area contributed by atoms with Gasteiger partial charge in [-0.05, 0) is 19.1 Å². The lowest BCUT2D eigenvalue weighted by Crippen LogP contribution is -2.50. The van der Waals surface area contributed by atoms with Crippen molar-refractivity contribution < 1.29 is 14.3 Å². The van der Waals surface area contributed by atoms with Crippen molar-refractivity contribution in [1.29, 1.82) is 0 Å². The second-order valence-corrected chi connectivity index (χ2v) is 5.61. The van der Waals surface area contributed by atoms with E-state index in [4.69, 9.17) is 4.74 Å². The molecule has 0 spiro atoms. The number of aromatic nitrogens is 2. The maximum atomic E-state index is 12.9. The molecule has 0 atom stereocenters. The number of piperazine rings is 1. The third-order valence-corrected chi connectivity index (χ3v) is 4.22. The predicted molar refractivity (Wildman–Crippen MR) is 84.6 cm³/mol. The topological polar surface area (TPSA) is 67.2 Å². The van der Waals surface area contributed by atoms with Gasteiger partial charge in [0.15, 0.2) is 11.4 Å². The smallest absolute Gasteiger partial charge is 0.272 e. The molecule has 23 heavy (non-hydrogen) atoms. The monoisotopic (exact) mass is 316 g/mol. The Morgan fingerprint density at radius 1 is 1.17 bits per heavy atom. The van der Waals surface area contributed by atoms with Gasteiger partial charge in [0, 0.05) is 39.3 Å². The molecule has 3 rings (SSSR count). The Morgan fingerprint density at radius 2 is 1.83 bits per heavy atom. The van der Waals surface area contributed by atoms with Gasteiger partial charge >= 0.3 is 0 Å². The zero-order valence-electron chi connectivity index (χ0n) is 13.6. The summed E-state index contributed by atoms with van der Waals surface area (Å²) in [4.78, 5) is 32.3. The first kappa shape index (κ1) is 15.3. The Hall–Kier alpha value is -2.57. The normalized spacial score (nSPS) is 15.1. The van der Waals surface area contributed by atoms with Gasteiger partial charge in [0.2, 0.25) is 5.91 Å². The fraction of sp³-hybridized carbons (Fsp3) is 0.438. The van der Waals surface area contributed by atoms with Crippen LogP contribution >= 0.6 is 0 Å². The summed E-state index contributed by atoms with van der Waals surface area (Å²) in [5.41, 5.74) is 1.86. The zero-order valence-corrected chi connectivity index (χ0v) is 13.6. The Balaban J connectivity index is 1.90. The standard InChI is InChI=1S/C16H20N4O3/c1-11-14(20-6-4-5-13(23-3)15(20)17-11)16(22)19-9-7-18(8-10-19)12(2)21/h4-6H,7-10H2,1-3H3. The van der Waals surface area contributed by atoms with Crippen molar-refractivity contribution in [1.82, 2.24) is 19.2 Å². The van der Waals surface area contributed by atoms with Crippen LogP contribution in [0.1, 0.15) is 23.1 Å². The van der Waals surface area contributed by atoms with E-state index in [2.05, 4.69) is 4.98 Å². The van der Waals surface area contributed by atoms with E-state index >= 15 is 0 Å². The maximum Gasteiger partial charge on any atom is 0.272 e. The van der Waals surface area contributed by atoms with Crippen molar-refractivity contribution in [3.63, 3.8) is 0 Å². The van der Waals surface area contributed by atoms with Crippen molar-refractivity contribution >= 4 is 17.5 Å². The molecule has 0 radical (unpaired) electrons. The van der Waals surface area contributed by atoms with Crippen molar-refractivity contribution in [3.05, 3.63) is 29.7 Å². The molecule has 0 bridgehead atoms. The third-order valence-electron chi connectivity index (χ3n) is 4.22. The summed E-state index contributed by atoms with van der Waals surface area (Å²) in [5.74, 6) is 0.621. The number of hydrogen-bond donors (Lipinski definition) is 0. The molecule has 0 saturated carbocycles. The number of amides is 2. The van der Waals surface area contributed by atoms with Gasteiger partial charge in [-0.3, -0.25) is 14.0 Å². The maximum absolute atomic E-state index is 12.9. The lowest BCUT2D eigenvalue weighted by Gasteiger charge is -2.34. The molecule has 1 fully saturated rings. The van der Waals surface area contributed by atoms with Gasteiger partial charge in [-0.2, -0.15) is 0 Å². The number of fused-ring (bicyclic) bond motifs is 1. The highest BCUT2D eigenvalue weighted by atomic mass is 16.5. The molecule has 122 valence electrons. The second kappa shape index (κ2) is 5.91. The molecule has 2 aromatic rings. The molecule has 1 saturated heterocycles. The summed E-state index contributed by atoms with van der Waals surface area (Å²) in [5, 5.41) is 0. The van der Waals surface area contributed by atoms with Crippen LogP contribution < -0.4 is 4.74 Å². The van der Waals surface area contributed by atoms with Gasteiger partial charge < -0.3 is 14.5 Å². The molecule has 0 unspecified atom stereocenters. The fourth-order valence-corrected chi connectivity index (χ4v) is 2.95. The molecule has 0 aliphatic carbocycles. The molecule has 0 N–H and O–H groups in total. The van der Waals surface area contributed by atoms with Crippen LogP contribution in [0.5, 0.6) is 5.75 Å². The number of aryl methyl sites for hydroxylation is 1. The highest BCUT2D eigenvalue weighted by Gasteiger charge is 2.27. The minimum absolute atomic E-state index is 0.0489. The Morgan fingerprint density at radius 3 is 2.43 bits per heavy atom. The van der Waals surface area contributed by atoms with Gasteiger partial charge in [-0.25, -0.2) is 4.98 Å². The van der Waals surface area contributed by atoms with Gasteiger partial charge in [0.05, 0.1) is 12.8 Å². The third kappa shape index (κ3) is 2.62. The molecule has 1 aliphatic rings. The van der Waals surface area contributed by atoms with Crippen LogP contribution in [0.4, 0.5) is 0 Å². The number of ether oxygens (including phenoxy) is 1. The number of nitrogens with zero attached hydrogens (tertiary/aromatic N) is 4. The van der Waals surface area contributed by atoms with Gasteiger partial charge in [0.25, 0.3) is 5.91 Å². The van der Waals surface area contributed by atoms with Crippen molar-refractivity contribution in [3.8, 4) is 5.75 Å². The zero-order chi connectivity index (χ0) is 16.6. The molecular weight excluding hydrogens is 296 g/mol. The first-order chi connectivity index (χ1) is 11.0. The van der Waals surface area contributed by atoms with Crippen molar-refractivity contribution in [2.45, 2.75) is 13.8 Å². The molecule has 1 aliphatic heterocycles. The van der Waals surface area contributed by atoms with Crippen LogP contribution in [-0.4, -0.2) is 64.3 Å². The number of imidazole rings is 1. The SMILES string of the molecule is COc1cccn2c(C(=O)N3CCN(C(C)=O)CC3)c(C)nc12. The van der Waals surface area contributed by atoms with Crippen LogP contribution in [0.15, 0.2) is 18.3 Å². The number of carbonyl (C=O) groups excluding carboxylic acids is 2. The Bertz CT molecular complexity index is 760. The lowest BCUT2D eigenvalue weighted by atomic mass is 10.2. The quantitative estimate of drug-likeness (QED) is 0.827. The summed E-state index contributed by atoms with van der Waals surface area (Å²) in [7, 11) is 1.59. The first-order valence-electron chi connectivity index (χ1n) is 7.59. The summed E-state index contributed by atoms with van der Waals surface area (Å²) < 4.78 is 7.08. The average molecular weight is 316 g/mol. The summed E-state index contributed by atoms with van der Waals surface area (Å²) in [6, 6.07) is 3.65. The lowest BCUT2D eigenvalue weighted by molar-refractivity contribution is -0.130. The number of carbonyl (C=O) groups is 2. The Kier molecular flexibility index (Phi) is 3.94. The number of hydrogen-bond acceptors (Lipinski definition) is 4. The minimum Gasteiger partial charge on any atom is -0.493 e. The fourth-order valence-electron chi connectivity index (χ4n) is 2.95. The van der Waals surface area contributed by atoms with Gasteiger partial charge in [-0.15, -0.1) is 0 Å². The van der Waals surface area contributed by atoms with Crippen LogP contribution in [-0.2, 0) is 4.79 Å². The first-order valence-corrected chi connectivity index (χ1v) is 7.59. The molecule has 2 amide bonds. The number of rotatable bonds is 2. The van der Waals surface area contributed by atoms with Crippen molar-refractivity contribution in [2.75, 3.05) is 33.3 Å². The Labute approximate surface area is 134 Å². The number of pyridine rings is 1. The molecule has 7 nitrogen and oxygen atoms in total. The van der Waals surface area contributed by atoms with Crippen LogP contribution in [0.25, 0.3) is 5.65 Å². The summed E-state index contributed by atoms with van der Waals surface area (Å²) >= 11 is 0. The molecular formula is C16H20N4O3. The van der Waals surface area contributed by atoms with E-state index < -0.39 is 0 Å². The van der Waals surface area contributed by atoms with Gasteiger partial charge in [-0.1, -0.05) is 0 Å². The molecule has 0 aromatic carbocycles. The van der Waals surface area contributed by atoms with E-state index in [0.29, 0.717) is 49.0 Å². The number of methoxy groups -OCH3 is 1. The van der Waals surface area contributed by atoms with E-state index in [1.807, 2.05) is 25.3 Å². The van der Waals surface area contributed by atoms with E-state index in [-0.39, 0.29) is 11.8 Å². The highest BCUT2D eigenvalue weighted by Crippen LogP contribution is 2.22. The van der Waals surface area contributed by atoms with Crippen molar-refractivity contribution in [2.24, 2.45) is 0 Å². The largest absolute Gasteiger partial charge is 0.493 e. The van der Waals surface area contributed by atoms with Crippen LogP contribution in [0.2, 0.25) is 0 Å². The van der Waals surface area contributed by atoms with Crippen LogP contribution in [0, 0.1) is 6.92 Å². The highest BCUT2D eigenvalue weighted by molar-refractivity contribution is 5.95. The van der Waals surface area contributed by atoms with Gasteiger partial charge in [0.1, 0.15) is 5.69 Å². The van der Waals surface area contributed by atoms with E-state index in [9.17, 15) is 9.59 Å². The van der Waals surface area contributed by atoms with Crippen LogP contribution in [0.3, 0.4) is 0 Å².